The molecule has 2 aliphatic heterocycles. The molecule has 1 aliphatic carbocycles. The summed E-state index contributed by atoms with van der Waals surface area (Å²) in [4.78, 5) is 21.5. The van der Waals surface area contributed by atoms with Crippen molar-refractivity contribution in [2.24, 2.45) is 5.41 Å². The predicted octanol–water partition coefficient (Wildman–Crippen LogP) is 2.37. The molecular formula is C20H25F2N7O. The molecule has 1 saturated carbocycles. The van der Waals surface area contributed by atoms with E-state index in [1.54, 1.807) is 12.4 Å². The van der Waals surface area contributed by atoms with Crippen molar-refractivity contribution in [1.29, 1.82) is 0 Å². The first kappa shape index (κ1) is 19.3. The van der Waals surface area contributed by atoms with Crippen LogP contribution in [0.25, 0.3) is 11.3 Å². The molecule has 160 valence electrons. The highest BCUT2D eigenvalue weighted by Gasteiger charge is 2.67. The molecule has 2 saturated heterocycles. The molecule has 4 heterocycles. The summed E-state index contributed by atoms with van der Waals surface area (Å²) >= 11 is 0. The van der Waals surface area contributed by atoms with Crippen LogP contribution < -0.4 is 15.5 Å². The van der Waals surface area contributed by atoms with Crippen LogP contribution in [0.15, 0.2) is 18.5 Å². The summed E-state index contributed by atoms with van der Waals surface area (Å²) in [5, 5.41) is 0. The Kier molecular flexibility index (Phi) is 4.49. The molecule has 8 nitrogen and oxygen atoms in total. The minimum atomic E-state index is -2.59. The van der Waals surface area contributed by atoms with Crippen molar-refractivity contribution in [3.63, 3.8) is 0 Å². The number of ether oxygens (including phenoxy) is 1. The Hall–Kier alpha value is -2.62. The third-order valence-electron chi connectivity index (χ3n) is 6.55. The van der Waals surface area contributed by atoms with E-state index in [0.29, 0.717) is 36.8 Å². The Morgan fingerprint density at radius 1 is 1.17 bits per heavy atom. The van der Waals surface area contributed by atoms with Crippen molar-refractivity contribution in [3.05, 3.63) is 18.5 Å². The van der Waals surface area contributed by atoms with Crippen LogP contribution >= 0.6 is 0 Å². The standard InChI is InChI=1S/C20H25F2N7O/c1-2-14-10-28(5-6-30-14)16-7-15(13-8-24-17(23)25-9-13)26-18(27-16)29-11-19(12-29)3-4-20(19,21)22/h7-9,14H,2-6,10-12H2,1H3,(H2,23,24,25)/t14-/m0/s1. The van der Waals surface area contributed by atoms with E-state index in [2.05, 4.69) is 26.8 Å². The van der Waals surface area contributed by atoms with Gasteiger partial charge in [-0.1, -0.05) is 6.92 Å². The number of morpholine rings is 1. The number of hydrogen-bond acceptors (Lipinski definition) is 8. The van der Waals surface area contributed by atoms with Crippen molar-refractivity contribution in [2.75, 3.05) is 48.3 Å². The van der Waals surface area contributed by atoms with Crippen LogP contribution in [0.5, 0.6) is 0 Å². The molecule has 0 aromatic carbocycles. The molecule has 1 atom stereocenters. The molecule has 0 unspecified atom stereocenters. The second-order valence-electron chi connectivity index (χ2n) is 8.43. The maximum atomic E-state index is 14.0. The lowest BCUT2D eigenvalue weighted by molar-refractivity contribution is -0.212. The van der Waals surface area contributed by atoms with Gasteiger partial charge in [-0.3, -0.25) is 0 Å². The fraction of sp³-hybridized carbons (Fsp3) is 0.600. The summed E-state index contributed by atoms with van der Waals surface area (Å²) < 4.78 is 33.9. The molecule has 2 aromatic rings. The van der Waals surface area contributed by atoms with E-state index in [1.807, 2.05) is 11.0 Å². The minimum Gasteiger partial charge on any atom is -0.375 e. The van der Waals surface area contributed by atoms with Gasteiger partial charge < -0.3 is 20.3 Å². The average Bonchev–Trinajstić information content (AvgIpc) is 2.72. The van der Waals surface area contributed by atoms with Gasteiger partial charge >= 0.3 is 0 Å². The number of anilines is 3. The molecule has 30 heavy (non-hydrogen) atoms. The molecule has 10 heteroatoms. The van der Waals surface area contributed by atoms with Crippen molar-refractivity contribution < 1.29 is 13.5 Å². The first-order chi connectivity index (χ1) is 14.4. The van der Waals surface area contributed by atoms with Crippen LogP contribution in [0.3, 0.4) is 0 Å². The fourth-order valence-corrected chi connectivity index (χ4v) is 4.40. The zero-order valence-corrected chi connectivity index (χ0v) is 16.9. The van der Waals surface area contributed by atoms with Crippen LogP contribution in [0.1, 0.15) is 26.2 Å². The predicted molar refractivity (Wildman–Crippen MR) is 109 cm³/mol. The largest absolute Gasteiger partial charge is 0.375 e. The van der Waals surface area contributed by atoms with Crippen molar-refractivity contribution in [3.8, 4) is 11.3 Å². The van der Waals surface area contributed by atoms with Gasteiger partial charge in [-0.2, -0.15) is 4.98 Å². The molecule has 0 radical (unpaired) electrons. The molecule has 3 aliphatic rings. The molecule has 3 fully saturated rings. The van der Waals surface area contributed by atoms with Crippen LogP contribution in [-0.4, -0.2) is 64.7 Å². The minimum absolute atomic E-state index is 0.0258. The van der Waals surface area contributed by atoms with Gasteiger partial charge in [-0.25, -0.2) is 23.7 Å². The lowest BCUT2D eigenvalue weighted by Gasteiger charge is -2.59. The summed E-state index contributed by atoms with van der Waals surface area (Å²) in [6.07, 6.45) is 4.81. The van der Waals surface area contributed by atoms with E-state index in [9.17, 15) is 8.78 Å². The highest BCUT2D eigenvalue weighted by molar-refractivity contribution is 5.64. The van der Waals surface area contributed by atoms with E-state index in [0.717, 1.165) is 18.8 Å². The quantitative estimate of drug-likeness (QED) is 0.811. The number of alkyl halides is 2. The summed E-state index contributed by atoms with van der Waals surface area (Å²) in [6.45, 7) is 4.72. The highest BCUT2D eigenvalue weighted by atomic mass is 19.3. The summed E-state index contributed by atoms with van der Waals surface area (Å²) in [7, 11) is 0. The first-order valence-electron chi connectivity index (χ1n) is 10.4. The zero-order valence-electron chi connectivity index (χ0n) is 16.9. The zero-order chi connectivity index (χ0) is 20.9. The monoisotopic (exact) mass is 417 g/mol. The number of aromatic nitrogens is 4. The van der Waals surface area contributed by atoms with E-state index in [1.165, 1.54) is 0 Å². The van der Waals surface area contributed by atoms with Gasteiger partial charge in [0, 0.05) is 56.6 Å². The Labute approximate surface area is 173 Å². The van der Waals surface area contributed by atoms with Crippen LogP contribution in [0, 0.1) is 5.41 Å². The highest BCUT2D eigenvalue weighted by Crippen LogP contribution is 2.59. The van der Waals surface area contributed by atoms with Gasteiger partial charge in [0.25, 0.3) is 5.92 Å². The van der Waals surface area contributed by atoms with E-state index in [-0.39, 0.29) is 31.6 Å². The Morgan fingerprint density at radius 3 is 2.57 bits per heavy atom. The Balaban J connectivity index is 1.47. The average molecular weight is 417 g/mol. The number of nitrogens with zero attached hydrogens (tertiary/aromatic N) is 6. The lowest BCUT2D eigenvalue weighted by atomic mass is 9.60. The summed E-state index contributed by atoms with van der Waals surface area (Å²) in [5.74, 6) is -1.18. The van der Waals surface area contributed by atoms with E-state index in [4.69, 9.17) is 15.5 Å². The molecular weight excluding hydrogens is 392 g/mol. The SMILES string of the molecule is CC[C@H]1CN(c2cc(-c3cnc(N)nc3)nc(N3CC4(CCC4(F)F)C3)n2)CCO1. The Bertz CT molecular complexity index is 933. The van der Waals surface area contributed by atoms with Crippen LogP contribution in [-0.2, 0) is 4.74 Å². The molecule has 0 amide bonds. The van der Waals surface area contributed by atoms with Gasteiger partial charge in [0.1, 0.15) is 5.82 Å². The molecule has 0 bridgehead atoms. The molecule has 5 rings (SSSR count). The van der Waals surface area contributed by atoms with Crippen LogP contribution in [0.4, 0.5) is 26.5 Å². The van der Waals surface area contributed by atoms with Gasteiger partial charge in [-0.05, 0) is 12.8 Å². The fourth-order valence-electron chi connectivity index (χ4n) is 4.40. The second-order valence-corrected chi connectivity index (χ2v) is 8.43. The third kappa shape index (κ3) is 3.13. The number of hydrogen-bond donors (Lipinski definition) is 1. The maximum absolute atomic E-state index is 14.0. The number of nitrogens with two attached hydrogens (primary N) is 1. The summed E-state index contributed by atoms with van der Waals surface area (Å²) in [6, 6.07) is 1.89. The Morgan fingerprint density at radius 2 is 1.93 bits per heavy atom. The van der Waals surface area contributed by atoms with Crippen molar-refractivity contribution in [2.45, 2.75) is 38.2 Å². The molecule has 2 aromatic heterocycles. The molecule has 1 spiro atoms. The third-order valence-corrected chi connectivity index (χ3v) is 6.55. The lowest BCUT2D eigenvalue weighted by Crippen LogP contribution is -2.70. The second kappa shape index (κ2) is 6.97. The van der Waals surface area contributed by atoms with Gasteiger partial charge in [0.2, 0.25) is 11.9 Å². The van der Waals surface area contributed by atoms with Gasteiger partial charge in [0.05, 0.1) is 23.8 Å². The number of halogens is 2. The van der Waals surface area contributed by atoms with E-state index >= 15 is 0 Å². The smallest absolute Gasteiger partial charge is 0.257 e. The topological polar surface area (TPSA) is 93.3 Å². The van der Waals surface area contributed by atoms with Crippen molar-refractivity contribution in [1.82, 2.24) is 19.9 Å². The van der Waals surface area contributed by atoms with Crippen molar-refractivity contribution >= 4 is 17.7 Å². The van der Waals surface area contributed by atoms with Gasteiger partial charge in [0.15, 0.2) is 0 Å². The molecule has 2 N–H and O–H groups in total. The summed E-state index contributed by atoms with van der Waals surface area (Å²) in [5.41, 5.74) is 6.05. The number of nitrogen functional groups attached to an aromatic ring is 1. The van der Waals surface area contributed by atoms with E-state index < -0.39 is 11.3 Å². The van der Waals surface area contributed by atoms with Gasteiger partial charge in [-0.15, -0.1) is 0 Å². The number of rotatable bonds is 4. The maximum Gasteiger partial charge on any atom is 0.257 e. The van der Waals surface area contributed by atoms with Crippen LogP contribution in [0.2, 0.25) is 0 Å². The first-order valence-corrected chi connectivity index (χ1v) is 10.4. The normalized spacial score (nSPS) is 24.4.